The van der Waals surface area contributed by atoms with Crippen molar-refractivity contribution in [2.45, 2.75) is 25.4 Å². The molecule has 1 aliphatic heterocycles. The molecule has 0 radical (unpaired) electrons. The Morgan fingerprint density at radius 1 is 1.50 bits per heavy atom. The Hall–Kier alpha value is -0.120. The Bertz CT molecular complexity index is 122. The monoisotopic (exact) mass is 141 g/mol. The van der Waals surface area contributed by atoms with Gasteiger partial charge in [-0.1, -0.05) is 12.8 Å². The van der Waals surface area contributed by atoms with Crippen LogP contribution in [0.1, 0.15) is 19.3 Å². The average Bonchev–Trinajstić information content (AvgIpc) is 2.62. The van der Waals surface area contributed by atoms with Crippen LogP contribution in [0.3, 0.4) is 0 Å². The smallest absolute Gasteiger partial charge is 0.0740 e. The maximum absolute atomic E-state index is 3.25. The van der Waals surface area contributed by atoms with Crippen LogP contribution in [0.15, 0.2) is 0 Å². The van der Waals surface area contributed by atoms with Gasteiger partial charge in [0.2, 0.25) is 0 Å². The molecule has 3 nitrogen and oxygen atoms in total. The van der Waals surface area contributed by atoms with E-state index in [0.717, 1.165) is 12.6 Å². The molecule has 2 aliphatic rings. The zero-order chi connectivity index (χ0) is 6.97. The lowest BCUT2D eigenvalue weighted by Crippen LogP contribution is -2.34. The summed E-state index contributed by atoms with van der Waals surface area (Å²) in [4.78, 5) is 2.32. The predicted molar refractivity (Wildman–Crippen MR) is 40.0 cm³/mol. The summed E-state index contributed by atoms with van der Waals surface area (Å²) < 4.78 is 0. The quantitative estimate of drug-likeness (QED) is 0.571. The first-order valence-electron chi connectivity index (χ1n) is 4.05. The van der Waals surface area contributed by atoms with Crippen molar-refractivity contribution < 1.29 is 0 Å². The molecule has 0 bridgehead atoms. The summed E-state index contributed by atoms with van der Waals surface area (Å²) in [6.07, 6.45) is 4.81. The Morgan fingerprint density at radius 2 is 2.30 bits per heavy atom. The van der Waals surface area contributed by atoms with Crippen molar-refractivity contribution in [3.63, 3.8) is 0 Å². The summed E-state index contributed by atoms with van der Waals surface area (Å²) in [7, 11) is 2.15. The molecule has 10 heavy (non-hydrogen) atoms. The number of nitrogens with zero attached hydrogens (tertiary/aromatic N) is 1. The predicted octanol–water partition coefficient (Wildman–Crippen LogP) is 0.110. The number of nitrogens with one attached hydrogen (secondary N) is 2. The van der Waals surface area contributed by atoms with Crippen molar-refractivity contribution in [3.8, 4) is 0 Å². The van der Waals surface area contributed by atoms with Crippen LogP contribution in [0, 0.1) is 5.92 Å². The van der Waals surface area contributed by atoms with E-state index in [2.05, 4.69) is 22.8 Å². The van der Waals surface area contributed by atoms with E-state index >= 15 is 0 Å². The fraction of sp³-hybridized carbons (Fsp3) is 1.00. The topological polar surface area (TPSA) is 27.3 Å². The van der Waals surface area contributed by atoms with Gasteiger partial charge in [0.1, 0.15) is 0 Å². The zero-order valence-corrected chi connectivity index (χ0v) is 6.43. The summed E-state index contributed by atoms with van der Waals surface area (Å²) in [6.45, 7) is 0.984. The fourth-order valence-electron chi connectivity index (χ4n) is 1.42. The molecule has 58 valence electrons. The first kappa shape index (κ1) is 6.58. The Kier molecular flexibility index (Phi) is 1.64. The van der Waals surface area contributed by atoms with Gasteiger partial charge in [0.15, 0.2) is 0 Å². The highest BCUT2D eigenvalue weighted by molar-refractivity contribution is 4.80. The van der Waals surface area contributed by atoms with E-state index in [-0.39, 0.29) is 0 Å². The van der Waals surface area contributed by atoms with E-state index in [1.165, 1.54) is 19.3 Å². The molecule has 0 aromatic rings. The lowest BCUT2D eigenvalue weighted by Gasteiger charge is -2.16. The standard InChI is InChI=1S/C7H15N3/c1-10-5-8-9-7(10)4-6-2-3-6/h6-9H,2-5H2,1H3. The fourth-order valence-corrected chi connectivity index (χ4v) is 1.42. The molecular weight excluding hydrogens is 126 g/mol. The maximum Gasteiger partial charge on any atom is 0.0740 e. The molecule has 2 N–H and O–H groups in total. The van der Waals surface area contributed by atoms with Crippen LogP contribution < -0.4 is 10.9 Å². The molecule has 0 spiro atoms. The summed E-state index contributed by atoms with van der Waals surface area (Å²) >= 11 is 0. The van der Waals surface area contributed by atoms with E-state index < -0.39 is 0 Å². The van der Waals surface area contributed by atoms with Gasteiger partial charge in [-0.05, 0) is 19.4 Å². The first-order valence-corrected chi connectivity index (χ1v) is 4.05. The molecule has 3 heteroatoms. The van der Waals surface area contributed by atoms with Crippen LogP contribution >= 0.6 is 0 Å². The van der Waals surface area contributed by atoms with Crippen LogP contribution in [-0.4, -0.2) is 24.8 Å². The second-order valence-electron chi connectivity index (χ2n) is 3.43. The SMILES string of the molecule is CN1CNNC1CC1CC1. The van der Waals surface area contributed by atoms with Crippen molar-refractivity contribution in [2.75, 3.05) is 13.7 Å². The molecule has 1 unspecified atom stereocenters. The number of rotatable bonds is 2. The normalized spacial score (nSPS) is 35.1. The minimum Gasteiger partial charge on any atom is -0.276 e. The number of hydrazine groups is 1. The third kappa shape index (κ3) is 1.31. The van der Waals surface area contributed by atoms with Gasteiger partial charge in [0.25, 0.3) is 0 Å². The summed E-state index contributed by atoms with van der Waals surface area (Å²) in [5, 5.41) is 0. The molecule has 1 aliphatic carbocycles. The molecule has 1 saturated heterocycles. The minimum atomic E-state index is 0.590. The van der Waals surface area contributed by atoms with Crippen LogP contribution in [-0.2, 0) is 0 Å². The zero-order valence-electron chi connectivity index (χ0n) is 6.43. The van der Waals surface area contributed by atoms with Crippen LogP contribution in [0.25, 0.3) is 0 Å². The molecule has 0 amide bonds. The van der Waals surface area contributed by atoms with Gasteiger partial charge in [-0.25, -0.2) is 10.9 Å². The second kappa shape index (κ2) is 2.49. The molecule has 1 atom stereocenters. The highest BCUT2D eigenvalue weighted by Gasteiger charge is 2.29. The van der Waals surface area contributed by atoms with Crippen molar-refractivity contribution in [2.24, 2.45) is 5.92 Å². The van der Waals surface area contributed by atoms with Gasteiger partial charge in [0.05, 0.1) is 12.8 Å². The lowest BCUT2D eigenvalue weighted by atomic mass is 10.2. The highest BCUT2D eigenvalue weighted by atomic mass is 15.6. The van der Waals surface area contributed by atoms with Crippen LogP contribution in [0.2, 0.25) is 0 Å². The summed E-state index contributed by atoms with van der Waals surface area (Å²) in [6, 6.07) is 0. The molecule has 1 saturated carbocycles. The van der Waals surface area contributed by atoms with Crippen LogP contribution in [0.4, 0.5) is 0 Å². The third-order valence-electron chi connectivity index (χ3n) is 2.38. The van der Waals surface area contributed by atoms with Gasteiger partial charge in [0, 0.05) is 0 Å². The highest BCUT2D eigenvalue weighted by Crippen LogP contribution is 2.34. The van der Waals surface area contributed by atoms with Gasteiger partial charge in [-0.15, -0.1) is 0 Å². The van der Waals surface area contributed by atoms with E-state index in [1.54, 1.807) is 0 Å². The van der Waals surface area contributed by atoms with Gasteiger partial charge in [-0.3, -0.25) is 4.90 Å². The first-order chi connectivity index (χ1) is 4.86. The van der Waals surface area contributed by atoms with E-state index in [4.69, 9.17) is 0 Å². The molecule has 2 rings (SSSR count). The van der Waals surface area contributed by atoms with E-state index in [0.29, 0.717) is 6.17 Å². The van der Waals surface area contributed by atoms with Crippen molar-refractivity contribution in [3.05, 3.63) is 0 Å². The van der Waals surface area contributed by atoms with Crippen LogP contribution in [0.5, 0.6) is 0 Å². The van der Waals surface area contributed by atoms with E-state index in [9.17, 15) is 0 Å². The largest absolute Gasteiger partial charge is 0.276 e. The second-order valence-corrected chi connectivity index (χ2v) is 3.43. The Balaban J connectivity index is 1.79. The van der Waals surface area contributed by atoms with Gasteiger partial charge >= 0.3 is 0 Å². The van der Waals surface area contributed by atoms with Gasteiger partial charge < -0.3 is 0 Å². The summed E-state index contributed by atoms with van der Waals surface area (Å²) in [5.41, 5.74) is 6.38. The molecular formula is C7H15N3. The average molecular weight is 141 g/mol. The van der Waals surface area contributed by atoms with Crippen molar-refractivity contribution >= 4 is 0 Å². The molecule has 2 fully saturated rings. The molecule has 0 aromatic heterocycles. The maximum atomic E-state index is 3.25. The Labute approximate surface area is 61.7 Å². The Morgan fingerprint density at radius 3 is 2.80 bits per heavy atom. The summed E-state index contributed by atoms with van der Waals surface area (Å²) in [5.74, 6) is 1.01. The third-order valence-corrected chi connectivity index (χ3v) is 2.38. The molecule has 1 heterocycles. The van der Waals surface area contributed by atoms with Crippen molar-refractivity contribution in [1.29, 1.82) is 0 Å². The number of hydrogen-bond donors (Lipinski definition) is 2. The molecule has 0 aromatic carbocycles. The number of hydrogen-bond acceptors (Lipinski definition) is 3. The van der Waals surface area contributed by atoms with Crippen molar-refractivity contribution in [1.82, 2.24) is 15.8 Å². The van der Waals surface area contributed by atoms with Gasteiger partial charge in [-0.2, -0.15) is 0 Å². The van der Waals surface area contributed by atoms with E-state index in [1.807, 2.05) is 0 Å². The lowest BCUT2D eigenvalue weighted by molar-refractivity contribution is 0.270. The minimum absolute atomic E-state index is 0.590.